The van der Waals surface area contributed by atoms with Gasteiger partial charge in [0.1, 0.15) is 0 Å². The third-order valence-corrected chi connectivity index (χ3v) is 2.66. The summed E-state index contributed by atoms with van der Waals surface area (Å²) in [7, 11) is 1.54. The summed E-state index contributed by atoms with van der Waals surface area (Å²) in [5.41, 5.74) is 5.89. The highest BCUT2D eigenvalue weighted by Crippen LogP contribution is 2.16. The van der Waals surface area contributed by atoms with Crippen LogP contribution in [0.25, 0.3) is 0 Å². The summed E-state index contributed by atoms with van der Waals surface area (Å²) < 4.78 is 0. The Morgan fingerprint density at radius 3 is 2.92 bits per heavy atom. The zero-order valence-corrected chi connectivity index (χ0v) is 8.53. The molecule has 78 valence electrons. The summed E-state index contributed by atoms with van der Waals surface area (Å²) in [6.45, 7) is 4.93. The fraction of sp³-hybridized carbons (Fsp3) is 1.00. The van der Waals surface area contributed by atoms with Crippen LogP contribution < -0.4 is 5.73 Å². The number of hydrogen-bond acceptors (Lipinski definition) is 4. The first kappa shape index (κ1) is 10.9. The lowest BCUT2D eigenvalue weighted by molar-refractivity contribution is -0.281. The molecule has 2 atom stereocenters. The van der Waals surface area contributed by atoms with Crippen molar-refractivity contribution in [1.29, 1.82) is 0 Å². The highest BCUT2D eigenvalue weighted by molar-refractivity contribution is 4.82. The van der Waals surface area contributed by atoms with E-state index in [4.69, 9.17) is 10.6 Å². The van der Waals surface area contributed by atoms with Crippen molar-refractivity contribution in [2.24, 2.45) is 5.73 Å². The van der Waals surface area contributed by atoms with Gasteiger partial charge in [-0.3, -0.25) is 4.90 Å². The number of nitrogens with two attached hydrogens (primary N) is 1. The van der Waals surface area contributed by atoms with Crippen LogP contribution in [0.2, 0.25) is 0 Å². The van der Waals surface area contributed by atoms with Gasteiger partial charge in [0.05, 0.1) is 13.7 Å². The molecule has 1 aliphatic rings. The van der Waals surface area contributed by atoms with Crippen molar-refractivity contribution < 1.29 is 9.78 Å². The fourth-order valence-corrected chi connectivity index (χ4v) is 1.87. The van der Waals surface area contributed by atoms with Gasteiger partial charge < -0.3 is 5.73 Å². The largest absolute Gasteiger partial charge is 0.328 e. The molecule has 2 unspecified atom stereocenters. The maximum absolute atomic E-state index is 5.89. The number of likely N-dealkylation sites (N-methyl/N-ethyl adjacent to an activating group) is 1. The molecule has 1 fully saturated rings. The minimum atomic E-state index is 0.327. The third kappa shape index (κ3) is 3.23. The highest BCUT2D eigenvalue weighted by Gasteiger charge is 2.25. The number of piperidine rings is 1. The molecule has 4 heteroatoms. The predicted octanol–water partition coefficient (Wildman–Crippen LogP) is 0.376. The second kappa shape index (κ2) is 5.54. The molecule has 0 aromatic carbocycles. The van der Waals surface area contributed by atoms with Gasteiger partial charge in [-0.05, 0) is 25.9 Å². The summed E-state index contributed by atoms with van der Waals surface area (Å²) in [5, 5.41) is 0. The summed E-state index contributed by atoms with van der Waals surface area (Å²) in [6.07, 6.45) is 2.11. The SMILES string of the molecule is CCN1CCC(N)CC1COOC. The van der Waals surface area contributed by atoms with Crippen LogP contribution in [-0.2, 0) is 9.78 Å². The van der Waals surface area contributed by atoms with Gasteiger partial charge in [0.25, 0.3) is 0 Å². The van der Waals surface area contributed by atoms with Crippen LogP contribution in [-0.4, -0.2) is 43.8 Å². The average Bonchev–Trinajstić information content (AvgIpc) is 2.15. The zero-order chi connectivity index (χ0) is 9.68. The first-order chi connectivity index (χ1) is 6.27. The van der Waals surface area contributed by atoms with Crippen molar-refractivity contribution in [3.05, 3.63) is 0 Å². The van der Waals surface area contributed by atoms with E-state index in [1.54, 1.807) is 7.11 Å². The number of likely N-dealkylation sites (tertiary alicyclic amines) is 1. The van der Waals surface area contributed by atoms with Crippen LogP contribution in [0.5, 0.6) is 0 Å². The van der Waals surface area contributed by atoms with Gasteiger partial charge in [0, 0.05) is 12.1 Å². The molecule has 0 aliphatic carbocycles. The number of rotatable bonds is 4. The molecule has 2 N–H and O–H groups in total. The molecular weight excluding hydrogens is 168 g/mol. The predicted molar refractivity (Wildman–Crippen MR) is 51.2 cm³/mol. The van der Waals surface area contributed by atoms with Crippen LogP contribution in [0, 0.1) is 0 Å². The van der Waals surface area contributed by atoms with Crippen molar-refractivity contribution in [3.63, 3.8) is 0 Å². The second-order valence-corrected chi connectivity index (χ2v) is 3.52. The first-order valence-corrected chi connectivity index (χ1v) is 4.93. The van der Waals surface area contributed by atoms with Crippen molar-refractivity contribution in [2.45, 2.75) is 31.8 Å². The maximum Gasteiger partial charge on any atom is 0.0978 e. The van der Waals surface area contributed by atoms with Crippen LogP contribution in [0.3, 0.4) is 0 Å². The molecular formula is C9H20N2O2. The van der Waals surface area contributed by atoms with E-state index in [0.717, 1.165) is 25.9 Å². The van der Waals surface area contributed by atoms with Crippen molar-refractivity contribution in [3.8, 4) is 0 Å². The van der Waals surface area contributed by atoms with E-state index < -0.39 is 0 Å². The normalized spacial score (nSPS) is 30.7. The van der Waals surface area contributed by atoms with Crippen LogP contribution >= 0.6 is 0 Å². The molecule has 0 aromatic heterocycles. The highest BCUT2D eigenvalue weighted by atomic mass is 17.2. The smallest absolute Gasteiger partial charge is 0.0978 e. The Hall–Kier alpha value is -0.160. The Morgan fingerprint density at radius 1 is 1.54 bits per heavy atom. The summed E-state index contributed by atoms with van der Waals surface area (Å²) in [5.74, 6) is 0. The monoisotopic (exact) mass is 188 g/mol. The van der Waals surface area contributed by atoms with E-state index in [-0.39, 0.29) is 0 Å². The molecule has 1 rings (SSSR count). The lowest BCUT2D eigenvalue weighted by Gasteiger charge is -2.36. The molecule has 1 heterocycles. The van der Waals surface area contributed by atoms with Crippen LogP contribution in [0.4, 0.5) is 0 Å². The fourth-order valence-electron chi connectivity index (χ4n) is 1.87. The lowest BCUT2D eigenvalue weighted by Crippen LogP contribution is -2.48. The van der Waals surface area contributed by atoms with Gasteiger partial charge in [0.15, 0.2) is 0 Å². The summed E-state index contributed by atoms with van der Waals surface area (Å²) in [6, 6.07) is 0.752. The molecule has 0 spiro atoms. The van der Waals surface area contributed by atoms with Gasteiger partial charge in [-0.2, -0.15) is 0 Å². The first-order valence-electron chi connectivity index (χ1n) is 4.93. The van der Waals surface area contributed by atoms with E-state index >= 15 is 0 Å². The van der Waals surface area contributed by atoms with E-state index in [2.05, 4.69) is 16.7 Å². The quantitative estimate of drug-likeness (QED) is 0.511. The zero-order valence-electron chi connectivity index (χ0n) is 8.53. The Kier molecular flexibility index (Phi) is 4.66. The summed E-state index contributed by atoms with van der Waals surface area (Å²) >= 11 is 0. The van der Waals surface area contributed by atoms with Gasteiger partial charge >= 0.3 is 0 Å². The van der Waals surface area contributed by atoms with Gasteiger partial charge in [0.2, 0.25) is 0 Å². The Labute approximate surface area is 79.9 Å². The molecule has 13 heavy (non-hydrogen) atoms. The maximum atomic E-state index is 5.89. The van der Waals surface area contributed by atoms with E-state index in [1.807, 2.05) is 0 Å². The molecule has 0 amide bonds. The van der Waals surface area contributed by atoms with Crippen LogP contribution in [0.15, 0.2) is 0 Å². The molecule has 4 nitrogen and oxygen atoms in total. The Balaban J connectivity index is 2.35. The van der Waals surface area contributed by atoms with Gasteiger partial charge in [-0.15, -0.1) is 0 Å². The minimum Gasteiger partial charge on any atom is -0.328 e. The average molecular weight is 188 g/mol. The molecule has 0 bridgehead atoms. The van der Waals surface area contributed by atoms with Crippen LogP contribution in [0.1, 0.15) is 19.8 Å². The Morgan fingerprint density at radius 2 is 2.31 bits per heavy atom. The number of hydrogen-bond donors (Lipinski definition) is 1. The van der Waals surface area contributed by atoms with Crippen molar-refractivity contribution in [2.75, 3.05) is 26.8 Å². The molecule has 0 saturated carbocycles. The second-order valence-electron chi connectivity index (χ2n) is 3.52. The molecule has 0 aromatic rings. The van der Waals surface area contributed by atoms with E-state index in [0.29, 0.717) is 18.7 Å². The van der Waals surface area contributed by atoms with Crippen molar-refractivity contribution in [1.82, 2.24) is 4.90 Å². The van der Waals surface area contributed by atoms with Crippen molar-refractivity contribution >= 4 is 0 Å². The minimum absolute atomic E-state index is 0.327. The van der Waals surface area contributed by atoms with Gasteiger partial charge in [-0.25, -0.2) is 9.78 Å². The number of nitrogens with zero attached hydrogens (tertiary/aromatic N) is 1. The van der Waals surface area contributed by atoms with E-state index in [1.165, 1.54) is 0 Å². The topological polar surface area (TPSA) is 47.7 Å². The standard InChI is InChI=1S/C9H20N2O2/c1-3-11-5-4-8(10)6-9(11)7-13-12-2/h8-9H,3-7,10H2,1-2H3. The molecule has 0 radical (unpaired) electrons. The van der Waals surface area contributed by atoms with Gasteiger partial charge in [-0.1, -0.05) is 6.92 Å². The molecule has 1 aliphatic heterocycles. The summed E-state index contributed by atoms with van der Waals surface area (Å²) in [4.78, 5) is 12.0. The molecule has 1 saturated heterocycles. The lowest BCUT2D eigenvalue weighted by atomic mass is 9.98. The van der Waals surface area contributed by atoms with E-state index in [9.17, 15) is 0 Å². The third-order valence-electron chi connectivity index (χ3n) is 2.66. The Bertz CT molecular complexity index is 144.